The Bertz CT molecular complexity index is 119. The molecule has 5 heteroatoms. The number of hydrogen-bond donors (Lipinski definition) is 2. The Kier molecular flexibility index (Phi) is 7.29. The maximum atomic E-state index is 9.67. The fourth-order valence-electron chi connectivity index (χ4n) is 0.982. The molecule has 2 atom stereocenters. The molecule has 1 nitrogen and oxygen atoms in total. The summed E-state index contributed by atoms with van der Waals surface area (Å²) in [6, 6.07) is 0. The van der Waals surface area contributed by atoms with Crippen LogP contribution in [0.1, 0.15) is 6.42 Å². The molecule has 1 fully saturated rings. The summed E-state index contributed by atoms with van der Waals surface area (Å²) in [4.78, 5) is 0. The Balaban J connectivity index is 2.26. The summed E-state index contributed by atoms with van der Waals surface area (Å²) in [5, 5.41) is 9.67. The van der Waals surface area contributed by atoms with Crippen LogP contribution in [0.4, 0.5) is 0 Å². The average molecular weight is 256 g/mol. The molecule has 1 heterocycles. The summed E-state index contributed by atoms with van der Waals surface area (Å²) in [6.45, 7) is 0. The average Bonchev–Trinajstić information content (AvgIpc) is 2.16. The topological polar surface area (TPSA) is 20.2 Å². The van der Waals surface area contributed by atoms with Crippen LogP contribution in [-0.2, 0) is 0 Å². The van der Waals surface area contributed by atoms with Crippen molar-refractivity contribution >= 4 is 47.9 Å². The zero-order chi connectivity index (χ0) is 9.52. The summed E-state index contributed by atoms with van der Waals surface area (Å²) in [5.74, 6) is 5.60. The molecule has 0 aromatic rings. The van der Waals surface area contributed by atoms with Gasteiger partial charge in [-0.2, -0.15) is 36.2 Å². The third-order valence-electron chi connectivity index (χ3n) is 1.71. The number of thiol groups is 1. The van der Waals surface area contributed by atoms with E-state index in [-0.39, 0.29) is 10.7 Å². The normalized spacial score (nSPS) is 33.7. The van der Waals surface area contributed by atoms with Gasteiger partial charge in [0.2, 0.25) is 0 Å². The monoisotopic (exact) mass is 256 g/mol. The van der Waals surface area contributed by atoms with Crippen molar-refractivity contribution in [3.05, 3.63) is 0 Å². The fraction of sp³-hybridized carbons (Fsp3) is 1.00. The number of rotatable bonds is 0. The van der Waals surface area contributed by atoms with Crippen molar-refractivity contribution in [2.45, 2.75) is 17.1 Å². The lowest BCUT2D eigenvalue weighted by Gasteiger charge is -2.16. The first-order valence-electron chi connectivity index (χ1n) is 4.44. The molecule has 1 aliphatic rings. The first kappa shape index (κ1) is 12.4. The second kappa shape index (κ2) is 7.63. The molecule has 0 bridgehead atoms. The van der Waals surface area contributed by atoms with E-state index in [1.165, 1.54) is 17.9 Å². The van der Waals surface area contributed by atoms with Crippen LogP contribution in [0.5, 0.6) is 0 Å². The molecule has 1 aliphatic heterocycles. The molecule has 1 saturated heterocycles. The maximum absolute atomic E-state index is 9.67. The standard InChI is InChI=1S/C8H16OS4/c9-7-6-12-5-4-11-2-1-3-13-8(7)10/h7-10H,1-6H2. The van der Waals surface area contributed by atoms with Gasteiger partial charge < -0.3 is 5.11 Å². The van der Waals surface area contributed by atoms with Gasteiger partial charge in [0, 0.05) is 17.3 Å². The quantitative estimate of drug-likeness (QED) is 0.648. The molecule has 0 spiro atoms. The van der Waals surface area contributed by atoms with Gasteiger partial charge >= 0.3 is 0 Å². The minimum absolute atomic E-state index is 0.107. The molecule has 0 aromatic heterocycles. The van der Waals surface area contributed by atoms with Crippen molar-refractivity contribution in [3.8, 4) is 0 Å². The third-order valence-corrected chi connectivity index (χ3v) is 6.08. The van der Waals surface area contributed by atoms with Gasteiger partial charge in [0.1, 0.15) is 0 Å². The number of aliphatic hydroxyl groups excluding tert-OH is 1. The Labute approximate surface area is 98.6 Å². The third kappa shape index (κ3) is 5.72. The molecular formula is C8H16OS4. The maximum Gasteiger partial charge on any atom is 0.0837 e. The minimum atomic E-state index is -0.249. The van der Waals surface area contributed by atoms with Crippen LogP contribution in [0.3, 0.4) is 0 Å². The van der Waals surface area contributed by atoms with E-state index in [2.05, 4.69) is 12.6 Å². The molecular weight excluding hydrogens is 240 g/mol. The predicted molar refractivity (Wildman–Crippen MR) is 70.5 cm³/mol. The van der Waals surface area contributed by atoms with E-state index in [4.69, 9.17) is 0 Å². The zero-order valence-corrected chi connectivity index (χ0v) is 10.9. The molecule has 0 amide bonds. The second-order valence-electron chi connectivity index (χ2n) is 2.87. The summed E-state index contributed by atoms with van der Waals surface area (Å²) in [7, 11) is 0. The van der Waals surface area contributed by atoms with E-state index in [1.54, 1.807) is 11.8 Å². The van der Waals surface area contributed by atoms with Gasteiger partial charge in [-0.3, -0.25) is 0 Å². The smallest absolute Gasteiger partial charge is 0.0837 e. The van der Waals surface area contributed by atoms with Gasteiger partial charge in [0.05, 0.1) is 10.7 Å². The van der Waals surface area contributed by atoms with Crippen LogP contribution in [0.15, 0.2) is 0 Å². The van der Waals surface area contributed by atoms with Crippen molar-refractivity contribution < 1.29 is 5.11 Å². The van der Waals surface area contributed by atoms with Crippen molar-refractivity contribution in [1.82, 2.24) is 0 Å². The van der Waals surface area contributed by atoms with Crippen LogP contribution in [0.2, 0.25) is 0 Å². The largest absolute Gasteiger partial charge is 0.390 e. The van der Waals surface area contributed by atoms with Gasteiger partial charge in [-0.15, -0.1) is 11.8 Å². The lowest BCUT2D eigenvalue weighted by molar-refractivity contribution is 0.218. The highest BCUT2D eigenvalue weighted by Crippen LogP contribution is 2.24. The van der Waals surface area contributed by atoms with Crippen LogP contribution in [-0.4, -0.2) is 44.6 Å². The van der Waals surface area contributed by atoms with Crippen molar-refractivity contribution in [3.63, 3.8) is 0 Å². The lowest BCUT2D eigenvalue weighted by Crippen LogP contribution is -2.21. The van der Waals surface area contributed by atoms with Crippen LogP contribution < -0.4 is 0 Å². The number of aliphatic hydroxyl groups is 1. The Morgan fingerprint density at radius 2 is 1.85 bits per heavy atom. The van der Waals surface area contributed by atoms with E-state index >= 15 is 0 Å². The lowest BCUT2D eigenvalue weighted by atomic mass is 10.5. The van der Waals surface area contributed by atoms with Gasteiger partial charge in [0.25, 0.3) is 0 Å². The predicted octanol–water partition coefficient (Wildman–Crippen LogP) is 2.21. The van der Waals surface area contributed by atoms with Crippen LogP contribution >= 0.6 is 47.9 Å². The molecule has 13 heavy (non-hydrogen) atoms. The van der Waals surface area contributed by atoms with Gasteiger partial charge in [-0.25, -0.2) is 0 Å². The minimum Gasteiger partial charge on any atom is -0.390 e. The van der Waals surface area contributed by atoms with Crippen molar-refractivity contribution in [1.29, 1.82) is 0 Å². The molecule has 78 valence electrons. The molecule has 0 radical (unpaired) electrons. The van der Waals surface area contributed by atoms with E-state index in [0.717, 1.165) is 17.3 Å². The van der Waals surface area contributed by atoms with E-state index in [9.17, 15) is 5.11 Å². The highest BCUT2D eigenvalue weighted by Gasteiger charge is 2.15. The summed E-state index contributed by atoms with van der Waals surface area (Å²) in [5.41, 5.74) is 0. The van der Waals surface area contributed by atoms with Crippen LogP contribution in [0, 0.1) is 0 Å². The molecule has 0 aliphatic carbocycles. The molecule has 0 aromatic carbocycles. The first-order chi connectivity index (χ1) is 6.30. The van der Waals surface area contributed by atoms with Crippen molar-refractivity contribution in [2.75, 3.05) is 28.8 Å². The highest BCUT2D eigenvalue weighted by atomic mass is 32.2. The summed E-state index contributed by atoms with van der Waals surface area (Å²) < 4.78 is 0.107. The molecule has 1 N–H and O–H groups in total. The molecule has 1 rings (SSSR count). The van der Waals surface area contributed by atoms with E-state index in [1.807, 2.05) is 23.5 Å². The number of thioether (sulfide) groups is 3. The fourth-order valence-corrected chi connectivity index (χ4v) is 4.82. The highest BCUT2D eigenvalue weighted by molar-refractivity contribution is 8.10. The van der Waals surface area contributed by atoms with Gasteiger partial charge in [0.15, 0.2) is 0 Å². The number of hydrogen-bond acceptors (Lipinski definition) is 5. The molecule has 0 saturated carbocycles. The Morgan fingerprint density at radius 3 is 2.69 bits per heavy atom. The van der Waals surface area contributed by atoms with Crippen molar-refractivity contribution in [2.24, 2.45) is 0 Å². The van der Waals surface area contributed by atoms with Gasteiger partial charge in [-0.1, -0.05) is 0 Å². The second-order valence-corrected chi connectivity index (χ2v) is 7.40. The Morgan fingerprint density at radius 1 is 1.08 bits per heavy atom. The summed E-state index contributed by atoms with van der Waals surface area (Å²) in [6.07, 6.45) is 0.991. The molecule has 2 unspecified atom stereocenters. The van der Waals surface area contributed by atoms with E-state index < -0.39 is 0 Å². The van der Waals surface area contributed by atoms with Gasteiger partial charge in [-0.05, 0) is 17.9 Å². The zero-order valence-electron chi connectivity index (χ0n) is 7.52. The van der Waals surface area contributed by atoms with E-state index in [0.29, 0.717) is 0 Å². The summed E-state index contributed by atoms with van der Waals surface area (Å²) >= 11 is 10.0. The SMILES string of the molecule is OC1CSCCSCCCSC1S. The van der Waals surface area contributed by atoms with Crippen LogP contribution in [0.25, 0.3) is 0 Å². The Hall–Kier alpha value is 1.36. The first-order valence-corrected chi connectivity index (χ1v) is 8.31.